The molecular formula is C23H30N4O3. The maximum Gasteiger partial charge on any atom is 0.222 e. The number of piperazine rings is 1. The highest BCUT2D eigenvalue weighted by atomic mass is 16.5. The first-order valence-electron chi connectivity index (χ1n) is 10.8. The van der Waals surface area contributed by atoms with Crippen molar-refractivity contribution >= 4 is 11.8 Å². The van der Waals surface area contributed by atoms with Gasteiger partial charge in [0.2, 0.25) is 11.8 Å². The van der Waals surface area contributed by atoms with Crippen LogP contribution in [0.25, 0.3) is 11.3 Å². The lowest BCUT2D eigenvalue weighted by Gasteiger charge is -2.37. The molecule has 0 radical (unpaired) electrons. The van der Waals surface area contributed by atoms with Crippen LogP contribution >= 0.6 is 0 Å². The molecule has 2 fully saturated rings. The van der Waals surface area contributed by atoms with Gasteiger partial charge in [-0.05, 0) is 37.8 Å². The van der Waals surface area contributed by atoms with Crippen LogP contribution in [-0.4, -0.2) is 66.0 Å². The van der Waals surface area contributed by atoms with E-state index < -0.39 is 0 Å². The second-order valence-corrected chi connectivity index (χ2v) is 8.36. The Labute approximate surface area is 177 Å². The molecule has 1 aromatic carbocycles. The fraction of sp³-hybridized carbons (Fsp3) is 0.522. The van der Waals surface area contributed by atoms with Crippen molar-refractivity contribution in [2.24, 2.45) is 11.8 Å². The lowest BCUT2D eigenvalue weighted by atomic mass is 9.81. The standard InChI is InChI=1S/C23H30N4O3/c1-17(28)26-9-11-27(12-10-26)23(29)14-19-7-8-24-16-20(19)13-21-15-22(30-25-21)18-5-3-2-4-6-18/h2-6,15,19-20,24H,7-14,16H2,1H3/t19-,20-/m0/s1. The van der Waals surface area contributed by atoms with Gasteiger partial charge < -0.3 is 19.6 Å². The van der Waals surface area contributed by atoms with Crippen molar-refractivity contribution in [3.05, 3.63) is 42.1 Å². The van der Waals surface area contributed by atoms with Gasteiger partial charge in [-0.3, -0.25) is 9.59 Å². The summed E-state index contributed by atoms with van der Waals surface area (Å²) >= 11 is 0. The van der Waals surface area contributed by atoms with Crippen molar-refractivity contribution < 1.29 is 14.1 Å². The summed E-state index contributed by atoms with van der Waals surface area (Å²) in [5.41, 5.74) is 1.96. The van der Waals surface area contributed by atoms with E-state index in [2.05, 4.69) is 10.5 Å². The van der Waals surface area contributed by atoms with Gasteiger partial charge in [0.25, 0.3) is 0 Å². The van der Waals surface area contributed by atoms with E-state index in [1.807, 2.05) is 46.2 Å². The predicted molar refractivity (Wildman–Crippen MR) is 114 cm³/mol. The minimum absolute atomic E-state index is 0.0861. The predicted octanol–water partition coefficient (Wildman–Crippen LogP) is 2.19. The van der Waals surface area contributed by atoms with E-state index in [4.69, 9.17) is 4.52 Å². The van der Waals surface area contributed by atoms with Gasteiger partial charge in [0, 0.05) is 51.2 Å². The molecule has 0 saturated carbocycles. The van der Waals surface area contributed by atoms with Crippen molar-refractivity contribution in [1.82, 2.24) is 20.3 Å². The van der Waals surface area contributed by atoms with Crippen LogP contribution < -0.4 is 5.32 Å². The Morgan fingerprint density at radius 3 is 2.57 bits per heavy atom. The minimum atomic E-state index is 0.0861. The van der Waals surface area contributed by atoms with Gasteiger partial charge in [-0.15, -0.1) is 0 Å². The average Bonchev–Trinajstić information content (AvgIpc) is 3.24. The third-order valence-electron chi connectivity index (χ3n) is 6.37. The van der Waals surface area contributed by atoms with Gasteiger partial charge >= 0.3 is 0 Å². The zero-order chi connectivity index (χ0) is 20.9. The number of hydrogen-bond donors (Lipinski definition) is 1. The second-order valence-electron chi connectivity index (χ2n) is 8.36. The van der Waals surface area contributed by atoms with Crippen LogP contribution in [0.3, 0.4) is 0 Å². The van der Waals surface area contributed by atoms with Crippen molar-refractivity contribution in [1.29, 1.82) is 0 Å². The summed E-state index contributed by atoms with van der Waals surface area (Å²) in [6, 6.07) is 12.0. The van der Waals surface area contributed by atoms with Crippen LogP contribution in [-0.2, 0) is 16.0 Å². The fourth-order valence-electron chi connectivity index (χ4n) is 4.52. The van der Waals surface area contributed by atoms with E-state index >= 15 is 0 Å². The molecule has 2 saturated heterocycles. The number of nitrogens with zero attached hydrogens (tertiary/aromatic N) is 3. The molecule has 2 aliphatic heterocycles. The van der Waals surface area contributed by atoms with Crippen LogP contribution in [0.4, 0.5) is 0 Å². The highest BCUT2D eigenvalue weighted by Crippen LogP contribution is 2.28. The Balaban J connectivity index is 1.35. The zero-order valence-electron chi connectivity index (χ0n) is 17.5. The molecule has 0 bridgehead atoms. The first-order valence-corrected chi connectivity index (χ1v) is 10.8. The summed E-state index contributed by atoms with van der Waals surface area (Å²) in [6.45, 7) is 5.97. The number of carbonyl (C=O) groups is 2. The van der Waals surface area contributed by atoms with Crippen molar-refractivity contribution in [3.63, 3.8) is 0 Å². The van der Waals surface area contributed by atoms with Crippen LogP contribution in [0.5, 0.6) is 0 Å². The lowest BCUT2D eigenvalue weighted by Crippen LogP contribution is -2.51. The van der Waals surface area contributed by atoms with Crippen LogP contribution in [0.15, 0.2) is 40.9 Å². The number of piperidine rings is 1. The van der Waals surface area contributed by atoms with E-state index in [1.54, 1.807) is 6.92 Å². The Kier molecular flexibility index (Phi) is 6.47. The first-order chi connectivity index (χ1) is 14.6. The molecule has 7 nitrogen and oxygen atoms in total. The SMILES string of the molecule is CC(=O)N1CCN(C(=O)C[C@@H]2CCNC[C@@H]2Cc2cc(-c3ccccc3)on2)CC1. The van der Waals surface area contributed by atoms with E-state index in [1.165, 1.54) is 0 Å². The summed E-state index contributed by atoms with van der Waals surface area (Å²) in [6.07, 6.45) is 2.36. The molecule has 1 N–H and O–H groups in total. The second kappa shape index (κ2) is 9.43. The monoisotopic (exact) mass is 410 g/mol. The number of amides is 2. The highest BCUT2D eigenvalue weighted by molar-refractivity contribution is 5.77. The molecule has 7 heteroatoms. The molecule has 1 aromatic heterocycles. The van der Waals surface area contributed by atoms with Crippen molar-refractivity contribution in [2.75, 3.05) is 39.3 Å². The Bertz CT molecular complexity index is 858. The molecule has 0 spiro atoms. The van der Waals surface area contributed by atoms with E-state index in [0.29, 0.717) is 44.4 Å². The Hall–Kier alpha value is -2.67. The molecular weight excluding hydrogens is 380 g/mol. The summed E-state index contributed by atoms with van der Waals surface area (Å²) in [5.74, 6) is 1.77. The smallest absolute Gasteiger partial charge is 0.222 e. The molecule has 2 aliphatic rings. The molecule has 160 valence electrons. The molecule has 2 atom stereocenters. The molecule has 2 aromatic rings. The zero-order valence-corrected chi connectivity index (χ0v) is 17.5. The summed E-state index contributed by atoms with van der Waals surface area (Å²) in [7, 11) is 0. The normalized spacial score (nSPS) is 22.2. The van der Waals surface area contributed by atoms with Gasteiger partial charge in [0.1, 0.15) is 0 Å². The van der Waals surface area contributed by atoms with Gasteiger partial charge in [0.05, 0.1) is 5.69 Å². The quantitative estimate of drug-likeness (QED) is 0.818. The number of aromatic nitrogens is 1. The molecule has 0 aliphatic carbocycles. The first kappa shape index (κ1) is 20.6. The Morgan fingerprint density at radius 1 is 1.10 bits per heavy atom. The van der Waals surface area contributed by atoms with Crippen LogP contribution in [0, 0.1) is 11.8 Å². The van der Waals surface area contributed by atoms with E-state index in [0.717, 1.165) is 42.9 Å². The number of benzene rings is 1. The third kappa shape index (κ3) is 4.90. The topological polar surface area (TPSA) is 78.7 Å². The van der Waals surface area contributed by atoms with E-state index in [-0.39, 0.29) is 11.8 Å². The van der Waals surface area contributed by atoms with E-state index in [9.17, 15) is 9.59 Å². The number of rotatable bonds is 5. The molecule has 30 heavy (non-hydrogen) atoms. The van der Waals surface area contributed by atoms with Crippen LogP contribution in [0.2, 0.25) is 0 Å². The van der Waals surface area contributed by atoms with Gasteiger partial charge in [-0.2, -0.15) is 0 Å². The molecule has 2 amide bonds. The number of carbonyl (C=O) groups excluding carboxylic acids is 2. The summed E-state index contributed by atoms with van der Waals surface area (Å²) < 4.78 is 5.56. The third-order valence-corrected chi connectivity index (χ3v) is 6.37. The highest BCUT2D eigenvalue weighted by Gasteiger charge is 2.31. The van der Waals surface area contributed by atoms with Gasteiger partial charge in [0.15, 0.2) is 5.76 Å². The lowest BCUT2D eigenvalue weighted by molar-refractivity contribution is -0.139. The minimum Gasteiger partial charge on any atom is -0.356 e. The van der Waals surface area contributed by atoms with Gasteiger partial charge in [-0.25, -0.2) is 0 Å². The van der Waals surface area contributed by atoms with Crippen LogP contribution in [0.1, 0.15) is 25.5 Å². The van der Waals surface area contributed by atoms with Crippen molar-refractivity contribution in [3.8, 4) is 11.3 Å². The average molecular weight is 411 g/mol. The molecule has 3 heterocycles. The summed E-state index contributed by atoms with van der Waals surface area (Å²) in [5, 5.41) is 7.75. The molecule has 4 rings (SSSR count). The van der Waals surface area contributed by atoms with Crippen molar-refractivity contribution in [2.45, 2.75) is 26.2 Å². The molecule has 0 unspecified atom stereocenters. The number of hydrogen-bond acceptors (Lipinski definition) is 5. The largest absolute Gasteiger partial charge is 0.356 e. The Morgan fingerprint density at radius 2 is 1.83 bits per heavy atom. The maximum atomic E-state index is 12.9. The fourth-order valence-corrected chi connectivity index (χ4v) is 4.52. The van der Waals surface area contributed by atoms with Gasteiger partial charge in [-0.1, -0.05) is 35.5 Å². The maximum absolute atomic E-state index is 12.9. The number of nitrogens with one attached hydrogen (secondary N) is 1. The summed E-state index contributed by atoms with van der Waals surface area (Å²) in [4.78, 5) is 28.1.